The van der Waals surface area contributed by atoms with Gasteiger partial charge in [-0.15, -0.1) is 0 Å². The van der Waals surface area contributed by atoms with Crippen molar-refractivity contribution >= 4 is 22.7 Å². The van der Waals surface area contributed by atoms with Crippen LogP contribution >= 0.6 is 0 Å². The van der Waals surface area contributed by atoms with Gasteiger partial charge in [0.2, 0.25) is 0 Å². The van der Waals surface area contributed by atoms with Crippen LogP contribution in [0.5, 0.6) is 0 Å². The highest BCUT2D eigenvalue weighted by Gasteiger charge is 2.29. The zero-order valence-electron chi connectivity index (χ0n) is 19.2. The van der Waals surface area contributed by atoms with Crippen LogP contribution in [0, 0.1) is 6.92 Å². The van der Waals surface area contributed by atoms with Gasteiger partial charge in [-0.3, -0.25) is 9.78 Å². The number of aromatic nitrogens is 3. The molecule has 33 heavy (non-hydrogen) atoms. The Morgan fingerprint density at radius 1 is 1.06 bits per heavy atom. The van der Waals surface area contributed by atoms with Crippen LogP contribution in [-0.2, 0) is 0 Å². The second kappa shape index (κ2) is 8.65. The molecule has 1 saturated heterocycles. The summed E-state index contributed by atoms with van der Waals surface area (Å²) in [6.45, 7) is 3.30. The number of amides is 1. The second-order valence-electron chi connectivity index (χ2n) is 8.72. The molecule has 0 unspecified atom stereocenters. The fourth-order valence-electron chi connectivity index (χ4n) is 4.42. The largest absolute Gasteiger partial charge is 0.451 e. The molecule has 1 aliphatic heterocycles. The molecule has 5 rings (SSSR count). The smallest absolute Gasteiger partial charge is 0.289 e. The number of benzene rings is 1. The van der Waals surface area contributed by atoms with Crippen molar-refractivity contribution in [1.29, 1.82) is 0 Å². The van der Waals surface area contributed by atoms with Gasteiger partial charge in [-0.05, 0) is 38.0 Å². The monoisotopic (exact) mass is 441 g/mol. The molecule has 0 N–H and O–H groups in total. The van der Waals surface area contributed by atoms with Crippen molar-refractivity contribution in [2.45, 2.75) is 25.7 Å². The quantitative estimate of drug-likeness (QED) is 0.458. The SMILES string of the molecule is Cc1c(C(=O)N2CCC(c3cc(N(C)C)nc(-c4ccncc4)n3)CC2)oc2ccccc12. The number of fused-ring (bicyclic) bond motifs is 1. The Labute approximate surface area is 193 Å². The second-order valence-corrected chi connectivity index (χ2v) is 8.72. The Balaban J connectivity index is 1.36. The summed E-state index contributed by atoms with van der Waals surface area (Å²) in [5.41, 5.74) is 3.63. The van der Waals surface area contributed by atoms with Gasteiger partial charge < -0.3 is 14.2 Å². The Hall–Kier alpha value is -3.74. The molecule has 1 aromatic carbocycles. The summed E-state index contributed by atoms with van der Waals surface area (Å²) in [4.78, 5) is 30.8. The van der Waals surface area contributed by atoms with Gasteiger partial charge in [0.15, 0.2) is 11.6 Å². The molecule has 1 aliphatic rings. The number of anilines is 1. The van der Waals surface area contributed by atoms with E-state index < -0.39 is 0 Å². The first-order valence-electron chi connectivity index (χ1n) is 11.3. The average Bonchev–Trinajstić information content (AvgIpc) is 3.20. The zero-order valence-corrected chi connectivity index (χ0v) is 19.2. The van der Waals surface area contributed by atoms with E-state index >= 15 is 0 Å². The van der Waals surface area contributed by atoms with E-state index in [-0.39, 0.29) is 11.8 Å². The van der Waals surface area contributed by atoms with Crippen LogP contribution < -0.4 is 4.90 Å². The van der Waals surface area contributed by atoms with Crippen LogP contribution in [0.1, 0.15) is 40.6 Å². The van der Waals surface area contributed by atoms with Gasteiger partial charge in [-0.2, -0.15) is 0 Å². The summed E-state index contributed by atoms with van der Waals surface area (Å²) < 4.78 is 5.91. The molecule has 0 bridgehead atoms. The van der Waals surface area contributed by atoms with Crippen molar-refractivity contribution in [3.8, 4) is 11.4 Å². The van der Waals surface area contributed by atoms with Crippen LogP contribution in [0.4, 0.5) is 5.82 Å². The summed E-state index contributed by atoms with van der Waals surface area (Å²) in [5.74, 6) is 2.27. The third-order valence-electron chi connectivity index (χ3n) is 6.37. The highest BCUT2D eigenvalue weighted by atomic mass is 16.3. The summed E-state index contributed by atoms with van der Waals surface area (Å²) in [6.07, 6.45) is 5.21. The van der Waals surface area contributed by atoms with E-state index in [4.69, 9.17) is 14.4 Å². The van der Waals surface area contributed by atoms with Crippen molar-refractivity contribution in [3.63, 3.8) is 0 Å². The van der Waals surface area contributed by atoms with Gasteiger partial charge in [0.25, 0.3) is 5.91 Å². The molecular formula is C26H27N5O2. The number of hydrogen-bond acceptors (Lipinski definition) is 6. The molecule has 0 radical (unpaired) electrons. The van der Waals surface area contributed by atoms with E-state index in [9.17, 15) is 4.79 Å². The minimum Gasteiger partial charge on any atom is -0.451 e. The highest BCUT2D eigenvalue weighted by molar-refractivity contribution is 5.99. The van der Waals surface area contributed by atoms with Crippen LogP contribution in [0.3, 0.4) is 0 Å². The lowest BCUT2D eigenvalue weighted by Crippen LogP contribution is -2.38. The third-order valence-corrected chi connectivity index (χ3v) is 6.37. The van der Waals surface area contributed by atoms with Gasteiger partial charge in [0, 0.05) is 73.8 Å². The van der Waals surface area contributed by atoms with Gasteiger partial charge in [-0.1, -0.05) is 18.2 Å². The number of aryl methyl sites for hydroxylation is 1. The number of furan rings is 1. The van der Waals surface area contributed by atoms with Crippen LogP contribution in [0.15, 0.2) is 59.3 Å². The molecule has 7 nitrogen and oxygen atoms in total. The maximum atomic E-state index is 13.2. The molecule has 4 heterocycles. The van der Waals surface area contributed by atoms with Gasteiger partial charge >= 0.3 is 0 Å². The number of pyridine rings is 1. The van der Waals surface area contributed by atoms with Crippen molar-refractivity contribution < 1.29 is 9.21 Å². The molecule has 1 amide bonds. The minimum absolute atomic E-state index is 0.0312. The van der Waals surface area contributed by atoms with Crippen molar-refractivity contribution in [2.24, 2.45) is 0 Å². The van der Waals surface area contributed by atoms with E-state index in [0.29, 0.717) is 24.7 Å². The topological polar surface area (TPSA) is 75.4 Å². The Morgan fingerprint density at radius 2 is 1.79 bits per heavy atom. The summed E-state index contributed by atoms with van der Waals surface area (Å²) >= 11 is 0. The van der Waals surface area contributed by atoms with E-state index in [2.05, 4.69) is 11.1 Å². The number of para-hydroxylation sites is 1. The molecular weight excluding hydrogens is 414 g/mol. The van der Waals surface area contributed by atoms with Crippen LogP contribution in [0.25, 0.3) is 22.4 Å². The molecule has 0 atom stereocenters. The Bertz CT molecular complexity index is 1290. The molecule has 0 saturated carbocycles. The van der Waals surface area contributed by atoms with Crippen molar-refractivity contribution in [1.82, 2.24) is 19.9 Å². The number of hydrogen-bond donors (Lipinski definition) is 0. The summed E-state index contributed by atoms with van der Waals surface area (Å²) in [6, 6.07) is 13.7. The standard InChI is InChI=1S/C26H27N5O2/c1-17-20-6-4-5-7-22(20)33-24(17)26(32)31-14-10-18(11-15-31)21-16-23(30(2)3)29-25(28-21)19-8-12-27-13-9-19/h4-9,12-13,16,18H,10-11,14-15H2,1-3H3. The third kappa shape index (κ3) is 4.06. The first-order valence-corrected chi connectivity index (χ1v) is 11.3. The number of nitrogens with zero attached hydrogens (tertiary/aromatic N) is 5. The number of likely N-dealkylation sites (tertiary alicyclic amines) is 1. The molecule has 7 heteroatoms. The number of carbonyl (C=O) groups excluding carboxylic acids is 1. The maximum absolute atomic E-state index is 13.2. The lowest BCUT2D eigenvalue weighted by Gasteiger charge is -2.31. The molecule has 3 aromatic heterocycles. The zero-order chi connectivity index (χ0) is 22.9. The van der Waals surface area contributed by atoms with Crippen LogP contribution in [-0.4, -0.2) is 52.9 Å². The molecule has 1 fully saturated rings. The highest BCUT2D eigenvalue weighted by Crippen LogP contribution is 2.32. The fourth-order valence-corrected chi connectivity index (χ4v) is 4.42. The Kier molecular flexibility index (Phi) is 5.54. The molecule has 4 aromatic rings. The predicted octanol–water partition coefficient (Wildman–Crippen LogP) is 4.68. The lowest BCUT2D eigenvalue weighted by atomic mass is 9.92. The Morgan fingerprint density at radius 3 is 2.48 bits per heavy atom. The van der Waals surface area contributed by atoms with Gasteiger partial charge in [-0.25, -0.2) is 9.97 Å². The normalized spacial score (nSPS) is 14.6. The van der Waals surface area contributed by atoms with Crippen molar-refractivity contribution in [3.05, 3.63) is 71.9 Å². The van der Waals surface area contributed by atoms with E-state index in [1.807, 2.05) is 67.2 Å². The van der Waals surface area contributed by atoms with Crippen LogP contribution in [0.2, 0.25) is 0 Å². The molecule has 0 aliphatic carbocycles. The van der Waals surface area contributed by atoms with Crippen molar-refractivity contribution in [2.75, 3.05) is 32.1 Å². The molecule has 0 spiro atoms. The lowest BCUT2D eigenvalue weighted by molar-refractivity contribution is 0.0681. The summed E-state index contributed by atoms with van der Waals surface area (Å²) in [7, 11) is 3.97. The molecule has 168 valence electrons. The maximum Gasteiger partial charge on any atom is 0.289 e. The first kappa shape index (κ1) is 21.1. The minimum atomic E-state index is -0.0312. The van der Waals surface area contributed by atoms with E-state index in [0.717, 1.165) is 46.4 Å². The van der Waals surface area contributed by atoms with Gasteiger partial charge in [0.05, 0.1) is 0 Å². The van der Waals surface area contributed by atoms with E-state index in [1.54, 1.807) is 12.4 Å². The first-order chi connectivity index (χ1) is 16.0. The number of rotatable bonds is 4. The number of piperidine rings is 1. The number of carbonyl (C=O) groups is 1. The summed E-state index contributed by atoms with van der Waals surface area (Å²) in [5, 5.41) is 0.997. The fraction of sp³-hybridized carbons (Fsp3) is 0.308. The van der Waals surface area contributed by atoms with E-state index in [1.165, 1.54) is 0 Å². The van der Waals surface area contributed by atoms with Gasteiger partial charge in [0.1, 0.15) is 11.4 Å². The predicted molar refractivity (Wildman–Crippen MR) is 128 cm³/mol. The average molecular weight is 442 g/mol.